The quantitative estimate of drug-likeness (QED) is 0.107. The Morgan fingerprint density at radius 1 is 0.895 bits per heavy atom. The lowest BCUT2D eigenvalue weighted by molar-refractivity contribution is -0.166. The van der Waals surface area contributed by atoms with E-state index in [9.17, 15) is 21.6 Å². The van der Waals surface area contributed by atoms with Crippen LogP contribution in [0.4, 0.5) is 13.2 Å². The SMILES string of the molecule is CCCCCCCCCCCC[C@H](OC)C1O[C@H](OC)C(OS(=O)(=O)C(F)(F)F)C1OCc1ccccc1. The van der Waals surface area contributed by atoms with Gasteiger partial charge in [0.2, 0.25) is 0 Å². The number of benzene rings is 1. The number of halogens is 3. The Morgan fingerprint density at radius 3 is 2.00 bits per heavy atom. The number of rotatable bonds is 19. The first-order valence-electron chi connectivity index (χ1n) is 13.5. The van der Waals surface area contributed by atoms with Crippen LogP contribution in [0.5, 0.6) is 0 Å². The topological polar surface area (TPSA) is 80.3 Å². The molecule has 220 valence electrons. The summed E-state index contributed by atoms with van der Waals surface area (Å²) in [6.07, 6.45) is 6.49. The number of hydrogen-bond acceptors (Lipinski definition) is 7. The van der Waals surface area contributed by atoms with Crippen molar-refractivity contribution in [3.8, 4) is 0 Å². The largest absolute Gasteiger partial charge is 0.523 e. The molecule has 1 saturated heterocycles. The van der Waals surface area contributed by atoms with Crippen LogP contribution in [0.2, 0.25) is 0 Å². The van der Waals surface area contributed by atoms with Crippen LogP contribution in [0.25, 0.3) is 0 Å². The van der Waals surface area contributed by atoms with Gasteiger partial charge in [-0.25, -0.2) is 0 Å². The first kappa shape index (κ1) is 33.0. The molecule has 0 radical (unpaired) electrons. The van der Waals surface area contributed by atoms with Crippen molar-refractivity contribution in [2.75, 3.05) is 14.2 Å². The van der Waals surface area contributed by atoms with E-state index >= 15 is 0 Å². The first-order chi connectivity index (χ1) is 18.1. The predicted octanol–water partition coefficient (Wildman–Crippen LogP) is 6.50. The van der Waals surface area contributed by atoms with E-state index < -0.39 is 46.3 Å². The van der Waals surface area contributed by atoms with Crippen LogP contribution < -0.4 is 0 Å². The van der Waals surface area contributed by atoms with Crippen molar-refractivity contribution in [1.29, 1.82) is 0 Å². The summed E-state index contributed by atoms with van der Waals surface area (Å²) in [6.45, 7) is 2.22. The van der Waals surface area contributed by atoms with Gasteiger partial charge >= 0.3 is 15.6 Å². The molecule has 11 heteroatoms. The highest BCUT2D eigenvalue weighted by Crippen LogP contribution is 2.36. The molecule has 1 aliphatic heterocycles. The molecule has 0 aliphatic carbocycles. The molecule has 0 amide bonds. The summed E-state index contributed by atoms with van der Waals surface area (Å²) < 4.78 is 90.3. The van der Waals surface area contributed by atoms with Crippen molar-refractivity contribution in [1.82, 2.24) is 0 Å². The molecule has 0 spiro atoms. The lowest BCUT2D eigenvalue weighted by Gasteiger charge is -2.28. The van der Waals surface area contributed by atoms with E-state index in [0.29, 0.717) is 6.42 Å². The highest BCUT2D eigenvalue weighted by Gasteiger charge is 2.56. The third-order valence-corrected chi connectivity index (χ3v) is 7.80. The number of methoxy groups -OCH3 is 2. The van der Waals surface area contributed by atoms with Crippen LogP contribution in [0, 0.1) is 0 Å². The molecule has 2 rings (SSSR count). The molecule has 38 heavy (non-hydrogen) atoms. The number of unbranched alkanes of at least 4 members (excludes halogenated alkanes) is 9. The fourth-order valence-corrected chi connectivity index (χ4v) is 5.25. The van der Waals surface area contributed by atoms with E-state index in [0.717, 1.165) is 31.2 Å². The Kier molecular flexibility index (Phi) is 14.5. The van der Waals surface area contributed by atoms with Crippen LogP contribution >= 0.6 is 0 Å². The van der Waals surface area contributed by atoms with Gasteiger partial charge in [-0.05, 0) is 12.0 Å². The molecule has 1 fully saturated rings. The standard InChI is InChI=1S/C27H43F3O7S/c1-4-5-6-7-8-9-10-11-12-16-19-22(33-2)23-24(35-20-21-17-14-13-15-18-21)25(26(34-3)36-23)37-38(31,32)27(28,29)30/h13-15,17-18,22-26H,4-12,16,19-20H2,1-3H3/t22-,23?,24?,25?,26-/m0/s1. The Morgan fingerprint density at radius 2 is 1.47 bits per heavy atom. The Balaban J connectivity index is 2.03. The fraction of sp³-hybridized carbons (Fsp3) is 0.778. The molecular formula is C27H43F3O7S. The van der Waals surface area contributed by atoms with Gasteiger partial charge in [-0.2, -0.15) is 21.6 Å². The van der Waals surface area contributed by atoms with Gasteiger partial charge in [0.25, 0.3) is 0 Å². The minimum Gasteiger partial charge on any atom is -0.379 e. The van der Waals surface area contributed by atoms with Crippen LogP contribution in [-0.4, -0.2) is 58.9 Å². The monoisotopic (exact) mass is 568 g/mol. The molecule has 0 saturated carbocycles. The normalized spacial score (nSPS) is 23.1. The molecule has 3 unspecified atom stereocenters. The average Bonchev–Trinajstić information content (AvgIpc) is 3.22. The van der Waals surface area contributed by atoms with Crippen LogP contribution in [0.15, 0.2) is 30.3 Å². The molecule has 1 aliphatic rings. The second kappa shape index (κ2) is 16.8. The zero-order valence-corrected chi connectivity index (χ0v) is 23.5. The van der Waals surface area contributed by atoms with Gasteiger partial charge in [0.1, 0.15) is 12.2 Å². The van der Waals surface area contributed by atoms with Gasteiger partial charge in [0.15, 0.2) is 12.4 Å². The summed E-state index contributed by atoms with van der Waals surface area (Å²) in [6, 6.07) is 8.99. The Hall–Kier alpha value is -1.24. The Labute approximate surface area is 225 Å². The van der Waals surface area contributed by atoms with Gasteiger partial charge in [-0.1, -0.05) is 101 Å². The second-order valence-electron chi connectivity index (χ2n) is 9.67. The molecule has 1 aromatic carbocycles. The summed E-state index contributed by atoms with van der Waals surface area (Å²) in [4.78, 5) is 0. The van der Waals surface area contributed by atoms with E-state index in [1.807, 2.05) is 6.07 Å². The zero-order valence-electron chi connectivity index (χ0n) is 22.7. The van der Waals surface area contributed by atoms with Gasteiger partial charge in [-0.3, -0.25) is 4.18 Å². The van der Waals surface area contributed by atoms with Crippen molar-refractivity contribution >= 4 is 10.1 Å². The summed E-state index contributed by atoms with van der Waals surface area (Å²) >= 11 is 0. The maximum absolute atomic E-state index is 13.1. The highest BCUT2D eigenvalue weighted by atomic mass is 32.2. The smallest absolute Gasteiger partial charge is 0.379 e. The molecule has 5 atom stereocenters. The van der Waals surface area contributed by atoms with Gasteiger partial charge < -0.3 is 18.9 Å². The second-order valence-corrected chi connectivity index (χ2v) is 11.2. The summed E-state index contributed by atoms with van der Waals surface area (Å²) in [5.74, 6) is 0. The predicted molar refractivity (Wildman–Crippen MR) is 138 cm³/mol. The number of ether oxygens (including phenoxy) is 4. The van der Waals surface area contributed by atoms with E-state index in [1.165, 1.54) is 52.7 Å². The van der Waals surface area contributed by atoms with Crippen molar-refractivity contribution in [2.45, 2.75) is 120 Å². The molecule has 1 heterocycles. The summed E-state index contributed by atoms with van der Waals surface area (Å²) in [5, 5.41) is 0. The Bertz CT molecular complexity index is 867. The van der Waals surface area contributed by atoms with Gasteiger partial charge in [-0.15, -0.1) is 0 Å². The molecule has 0 N–H and O–H groups in total. The molecular weight excluding hydrogens is 525 g/mol. The van der Waals surface area contributed by atoms with Crippen molar-refractivity contribution in [3.63, 3.8) is 0 Å². The van der Waals surface area contributed by atoms with Crippen LogP contribution in [0.3, 0.4) is 0 Å². The van der Waals surface area contributed by atoms with Crippen LogP contribution in [0.1, 0.15) is 83.1 Å². The zero-order chi connectivity index (χ0) is 28.0. The van der Waals surface area contributed by atoms with Crippen molar-refractivity contribution < 1.29 is 44.7 Å². The first-order valence-corrected chi connectivity index (χ1v) is 14.9. The van der Waals surface area contributed by atoms with Crippen molar-refractivity contribution in [2.24, 2.45) is 0 Å². The van der Waals surface area contributed by atoms with Crippen LogP contribution in [-0.2, 0) is 39.9 Å². The fourth-order valence-electron chi connectivity index (χ4n) is 4.65. The summed E-state index contributed by atoms with van der Waals surface area (Å²) in [7, 11) is -3.22. The van der Waals surface area contributed by atoms with E-state index in [2.05, 4.69) is 11.1 Å². The van der Waals surface area contributed by atoms with E-state index in [4.69, 9.17) is 18.9 Å². The summed E-state index contributed by atoms with van der Waals surface area (Å²) in [5.41, 5.74) is -4.84. The van der Waals surface area contributed by atoms with Gasteiger partial charge in [0, 0.05) is 14.2 Å². The van der Waals surface area contributed by atoms with Crippen molar-refractivity contribution in [3.05, 3.63) is 35.9 Å². The lowest BCUT2D eigenvalue weighted by atomic mass is 9.99. The minimum absolute atomic E-state index is 0.0163. The average molecular weight is 569 g/mol. The number of hydrogen-bond donors (Lipinski definition) is 0. The maximum atomic E-state index is 13.1. The third-order valence-electron chi connectivity index (χ3n) is 6.76. The molecule has 7 nitrogen and oxygen atoms in total. The molecule has 1 aromatic rings. The maximum Gasteiger partial charge on any atom is 0.523 e. The molecule has 0 bridgehead atoms. The molecule has 0 aromatic heterocycles. The number of alkyl halides is 3. The van der Waals surface area contributed by atoms with E-state index in [1.54, 1.807) is 24.3 Å². The third kappa shape index (κ3) is 10.4. The van der Waals surface area contributed by atoms with E-state index in [-0.39, 0.29) is 6.61 Å². The van der Waals surface area contributed by atoms with Gasteiger partial charge in [0.05, 0.1) is 12.7 Å². The highest BCUT2D eigenvalue weighted by molar-refractivity contribution is 7.87. The minimum atomic E-state index is -5.91. The lowest BCUT2D eigenvalue weighted by Crippen LogP contribution is -2.45.